The molecule has 2 N–H and O–H groups in total. The van der Waals surface area contributed by atoms with Crippen LogP contribution in [0.15, 0.2) is 24.3 Å². The highest BCUT2D eigenvalue weighted by Crippen LogP contribution is 2.20. The van der Waals surface area contributed by atoms with Crippen LogP contribution in [0.1, 0.15) is 39.5 Å². The minimum absolute atomic E-state index is 0.189. The predicted molar refractivity (Wildman–Crippen MR) is 103 cm³/mol. The lowest BCUT2D eigenvalue weighted by Crippen LogP contribution is -3.16. The van der Waals surface area contributed by atoms with Gasteiger partial charge in [-0.2, -0.15) is 0 Å². The first-order valence-electron chi connectivity index (χ1n) is 9.64. The fourth-order valence-corrected chi connectivity index (χ4v) is 3.39. The lowest BCUT2D eigenvalue weighted by Gasteiger charge is -2.33. The molecule has 0 spiro atoms. The largest absolute Gasteiger partial charge is 0.497 e. The van der Waals surface area contributed by atoms with E-state index >= 15 is 0 Å². The summed E-state index contributed by atoms with van der Waals surface area (Å²) in [4.78, 5) is 16.0. The Morgan fingerprint density at radius 2 is 2.08 bits per heavy atom. The second-order valence-corrected chi connectivity index (χ2v) is 7.08. The number of anilines is 1. The number of quaternary nitrogens is 1. The first-order chi connectivity index (χ1) is 12.1. The number of piperazine rings is 1. The van der Waals surface area contributed by atoms with Crippen LogP contribution in [0.25, 0.3) is 0 Å². The van der Waals surface area contributed by atoms with E-state index in [9.17, 15) is 4.79 Å². The number of benzene rings is 1. The van der Waals surface area contributed by atoms with Gasteiger partial charge in [0.05, 0.1) is 33.3 Å². The maximum atomic E-state index is 12.2. The monoisotopic (exact) mass is 348 g/mol. The fourth-order valence-electron chi connectivity index (χ4n) is 3.39. The number of amides is 1. The summed E-state index contributed by atoms with van der Waals surface area (Å²) in [6.45, 7) is 8.85. The van der Waals surface area contributed by atoms with Crippen molar-refractivity contribution < 1.29 is 14.4 Å². The number of hydrogen-bond donors (Lipinski definition) is 2. The van der Waals surface area contributed by atoms with Crippen LogP contribution in [-0.4, -0.2) is 51.8 Å². The smallest absolute Gasteiger partial charge is 0.275 e. The number of nitrogens with zero attached hydrogens (tertiary/aromatic N) is 1. The number of ether oxygens (including phenoxy) is 1. The minimum atomic E-state index is 0.189. The van der Waals surface area contributed by atoms with E-state index in [-0.39, 0.29) is 11.9 Å². The van der Waals surface area contributed by atoms with Gasteiger partial charge in [0.1, 0.15) is 5.75 Å². The van der Waals surface area contributed by atoms with E-state index in [1.165, 1.54) is 29.8 Å². The molecule has 1 aliphatic rings. The third kappa shape index (κ3) is 6.58. The molecule has 1 aliphatic heterocycles. The lowest BCUT2D eigenvalue weighted by molar-refractivity contribution is -0.892. The van der Waals surface area contributed by atoms with Crippen LogP contribution in [0.4, 0.5) is 5.69 Å². The van der Waals surface area contributed by atoms with E-state index in [0.29, 0.717) is 6.54 Å². The van der Waals surface area contributed by atoms with Gasteiger partial charge >= 0.3 is 0 Å². The molecule has 0 bridgehead atoms. The van der Waals surface area contributed by atoms with Gasteiger partial charge in [0.25, 0.3) is 5.91 Å². The number of carbonyl (C=O) groups is 1. The zero-order valence-electron chi connectivity index (χ0n) is 16.0. The molecule has 0 unspecified atom stereocenters. The van der Waals surface area contributed by atoms with E-state index in [1.54, 1.807) is 7.11 Å². The van der Waals surface area contributed by atoms with Crippen molar-refractivity contribution in [3.63, 3.8) is 0 Å². The number of unbranched alkanes of at least 4 members (excludes halogenated alkanes) is 2. The molecule has 1 saturated heterocycles. The Balaban J connectivity index is 1.71. The van der Waals surface area contributed by atoms with Crippen molar-refractivity contribution in [2.45, 2.75) is 45.6 Å². The van der Waals surface area contributed by atoms with Crippen molar-refractivity contribution >= 4 is 11.6 Å². The van der Waals surface area contributed by atoms with Crippen LogP contribution in [0, 0.1) is 0 Å². The molecule has 0 aromatic heterocycles. The van der Waals surface area contributed by atoms with Gasteiger partial charge in [0, 0.05) is 17.8 Å². The van der Waals surface area contributed by atoms with Gasteiger partial charge in [-0.05, 0) is 25.5 Å². The summed E-state index contributed by atoms with van der Waals surface area (Å²) in [6.07, 6.45) is 4.75. The number of hydrogen-bond acceptors (Lipinski definition) is 3. The average Bonchev–Trinajstić information content (AvgIpc) is 2.62. The SMILES string of the molecule is CCCCC[C@@H](C)NC(=O)C[NH+]1CCN(c2cccc(OC)c2)CC1. The lowest BCUT2D eigenvalue weighted by atomic mass is 10.1. The second-order valence-electron chi connectivity index (χ2n) is 7.08. The van der Waals surface area contributed by atoms with Crippen LogP contribution < -0.4 is 19.9 Å². The summed E-state index contributed by atoms with van der Waals surface area (Å²) in [5.74, 6) is 1.08. The molecular formula is C20H34N3O2+. The van der Waals surface area contributed by atoms with Crippen LogP contribution >= 0.6 is 0 Å². The first-order valence-corrected chi connectivity index (χ1v) is 9.64. The Hall–Kier alpha value is -1.75. The van der Waals surface area contributed by atoms with Crippen LogP contribution in [0.2, 0.25) is 0 Å². The average molecular weight is 349 g/mol. The molecule has 25 heavy (non-hydrogen) atoms. The highest BCUT2D eigenvalue weighted by molar-refractivity contribution is 5.77. The summed E-state index contributed by atoms with van der Waals surface area (Å²) < 4.78 is 5.31. The summed E-state index contributed by atoms with van der Waals surface area (Å²) >= 11 is 0. The number of carbonyl (C=O) groups excluding carboxylic acids is 1. The van der Waals surface area contributed by atoms with Crippen LogP contribution in [0.3, 0.4) is 0 Å². The molecule has 1 aromatic carbocycles. The van der Waals surface area contributed by atoms with Gasteiger partial charge in [-0.1, -0.05) is 32.3 Å². The van der Waals surface area contributed by atoms with E-state index in [4.69, 9.17) is 4.74 Å². The summed E-state index contributed by atoms with van der Waals surface area (Å²) in [6, 6.07) is 8.49. The molecule has 2 rings (SSSR count). The first kappa shape index (κ1) is 19.6. The highest BCUT2D eigenvalue weighted by Gasteiger charge is 2.23. The van der Waals surface area contributed by atoms with Crippen molar-refractivity contribution in [3.05, 3.63) is 24.3 Å². The maximum Gasteiger partial charge on any atom is 0.275 e. The quantitative estimate of drug-likeness (QED) is 0.665. The summed E-state index contributed by atoms with van der Waals surface area (Å²) in [7, 11) is 1.70. The Morgan fingerprint density at radius 1 is 1.32 bits per heavy atom. The van der Waals surface area contributed by atoms with Crippen LogP contribution in [0.5, 0.6) is 5.75 Å². The second kappa shape index (κ2) is 10.3. The zero-order valence-corrected chi connectivity index (χ0v) is 16.0. The third-order valence-corrected chi connectivity index (χ3v) is 4.95. The molecule has 5 nitrogen and oxygen atoms in total. The molecular weight excluding hydrogens is 314 g/mol. The molecule has 5 heteroatoms. The molecule has 140 valence electrons. The molecule has 1 amide bonds. The minimum Gasteiger partial charge on any atom is -0.497 e. The van der Waals surface area contributed by atoms with Crippen LogP contribution in [-0.2, 0) is 4.79 Å². The molecule has 1 heterocycles. The topological polar surface area (TPSA) is 46.0 Å². The fraction of sp³-hybridized carbons (Fsp3) is 0.650. The zero-order chi connectivity index (χ0) is 18.1. The maximum absolute atomic E-state index is 12.2. The number of nitrogens with one attached hydrogen (secondary N) is 2. The molecule has 0 radical (unpaired) electrons. The molecule has 1 aromatic rings. The third-order valence-electron chi connectivity index (χ3n) is 4.95. The normalized spacial score (nSPS) is 16.5. The molecule has 1 fully saturated rings. The Morgan fingerprint density at radius 3 is 2.76 bits per heavy atom. The number of methoxy groups -OCH3 is 1. The number of rotatable bonds is 9. The van der Waals surface area contributed by atoms with Gasteiger partial charge in [0.2, 0.25) is 0 Å². The van der Waals surface area contributed by atoms with Gasteiger partial charge in [0.15, 0.2) is 6.54 Å². The Labute approximate surface area is 152 Å². The van der Waals surface area contributed by atoms with E-state index in [0.717, 1.165) is 38.3 Å². The summed E-state index contributed by atoms with van der Waals surface area (Å²) in [5.41, 5.74) is 1.20. The molecule has 1 atom stereocenters. The van der Waals surface area contributed by atoms with Crippen molar-refractivity contribution in [1.29, 1.82) is 0 Å². The van der Waals surface area contributed by atoms with Gasteiger partial charge < -0.3 is 19.9 Å². The highest BCUT2D eigenvalue weighted by atomic mass is 16.5. The summed E-state index contributed by atoms with van der Waals surface area (Å²) in [5, 5.41) is 3.15. The van der Waals surface area contributed by atoms with Crippen molar-refractivity contribution in [1.82, 2.24) is 5.32 Å². The van der Waals surface area contributed by atoms with Crippen molar-refractivity contribution in [3.8, 4) is 5.75 Å². The van der Waals surface area contributed by atoms with Crippen molar-refractivity contribution in [2.75, 3.05) is 44.7 Å². The standard InChI is InChI=1S/C20H33N3O2/c1-4-5-6-8-17(2)21-20(24)16-22-11-13-23(14-12-22)18-9-7-10-19(15-18)25-3/h7,9-10,15,17H,4-6,8,11-14,16H2,1-3H3,(H,21,24)/p+1/t17-/m1/s1. The Kier molecular flexibility index (Phi) is 8.06. The van der Waals surface area contributed by atoms with E-state index < -0.39 is 0 Å². The predicted octanol–water partition coefficient (Wildman–Crippen LogP) is 1.49. The van der Waals surface area contributed by atoms with Gasteiger partial charge in [-0.15, -0.1) is 0 Å². The van der Waals surface area contributed by atoms with Gasteiger partial charge in [-0.3, -0.25) is 4.79 Å². The Bertz CT molecular complexity index is 527. The van der Waals surface area contributed by atoms with E-state index in [1.807, 2.05) is 12.1 Å². The van der Waals surface area contributed by atoms with Gasteiger partial charge in [-0.25, -0.2) is 0 Å². The molecule has 0 aliphatic carbocycles. The molecule has 0 saturated carbocycles. The van der Waals surface area contributed by atoms with E-state index in [2.05, 4.69) is 36.2 Å². The van der Waals surface area contributed by atoms with Crippen molar-refractivity contribution in [2.24, 2.45) is 0 Å².